The van der Waals surface area contributed by atoms with Gasteiger partial charge in [0.1, 0.15) is 0 Å². The van der Waals surface area contributed by atoms with Gasteiger partial charge in [0, 0.05) is 38.4 Å². The standard InChI is InChI=1S/C16H23BrN6O2/c1-4-22-10-13(15(21-22)16(25)18-7-11(2)3)20-14(24)5-6-23-9-12(17)8-19-23/h8-11H,4-7H2,1-3H3,(H,18,25)(H,20,24). The number of amides is 2. The van der Waals surface area contributed by atoms with Gasteiger partial charge in [-0.3, -0.25) is 19.0 Å². The van der Waals surface area contributed by atoms with Gasteiger partial charge >= 0.3 is 0 Å². The Morgan fingerprint density at radius 3 is 2.64 bits per heavy atom. The maximum Gasteiger partial charge on any atom is 0.273 e. The van der Waals surface area contributed by atoms with Crippen molar-refractivity contribution >= 4 is 33.4 Å². The first-order valence-electron chi connectivity index (χ1n) is 8.22. The summed E-state index contributed by atoms with van der Waals surface area (Å²) in [6.07, 6.45) is 5.39. The zero-order valence-corrected chi connectivity index (χ0v) is 16.2. The van der Waals surface area contributed by atoms with E-state index in [9.17, 15) is 9.59 Å². The summed E-state index contributed by atoms with van der Waals surface area (Å²) in [6, 6.07) is 0. The normalized spacial score (nSPS) is 10.9. The molecule has 8 nitrogen and oxygen atoms in total. The second-order valence-corrected chi connectivity index (χ2v) is 6.99. The second kappa shape index (κ2) is 8.80. The predicted molar refractivity (Wildman–Crippen MR) is 98.2 cm³/mol. The van der Waals surface area contributed by atoms with Crippen molar-refractivity contribution in [3.8, 4) is 0 Å². The molecule has 136 valence electrons. The number of carbonyl (C=O) groups is 2. The smallest absolute Gasteiger partial charge is 0.273 e. The van der Waals surface area contributed by atoms with Crippen LogP contribution in [0.5, 0.6) is 0 Å². The lowest BCUT2D eigenvalue weighted by molar-refractivity contribution is -0.116. The number of hydrogen-bond acceptors (Lipinski definition) is 4. The van der Waals surface area contributed by atoms with Gasteiger partial charge in [0.2, 0.25) is 5.91 Å². The van der Waals surface area contributed by atoms with Crippen LogP contribution >= 0.6 is 15.9 Å². The fraction of sp³-hybridized carbons (Fsp3) is 0.500. The molecule has 0 aliphatic carbocycles. The topological polar surface area (TPSA) is 93.8 Å². The largest absolute Gasteiger partial charge is 0.350 e. The lowest BCUT2D eigenvalue weighted by Gasteiger charge is -2.08. The number of carbonyl (C=O) groups excluding carboxylic acids is 2. The quantitative estimate of drug-likeness (QED) is 0.697. The minimum Gasteiger partial charge on any atom is -0.350 e. The molecule has 0 aliphatic heterocycles. The summed E-state index contributed by atoms with van der Waals surface area (Å²) >= 11 is 3.31. The van der Waals surface area contributed by atoms with Gasteiger partial charge < -0.3 is 10.6 Å². The highest BCUT2D eigenvalue weighted by atomic mass is 79.9. The van der Waals surface area contributed by atoms with Crippen LogP contribution < -0.4 is 10.6 Å². The van der Waals surface area contributed by atoms with Crippen LogP contribution in [0, 0.1) is 5.92 Å². The fourth-order valence-electron chi connectivity index (χ4n) is 2.11. The first-order chi connectivity index (χ1) is 11.9. The molecule has 2 N–H and O–H groups in total. The lowest BCUT2D eigenvalue weighted by atomic mass is 10.2. The average molecular weight is 411 g/mol. The number of halogens is 1. The first-order valence-corrected chi connectivity index (χ1v) is 9.01. The molecule has 2 aromatic heterocycles. The molecular formula is C16H23BrN6O2. The Balaban J connectivity index is 2.00. The van der Waals surface area contributed by atoms with Gasteiger partial charge in [-0.05, 0) is 28.8 Å². The number of aromatic nitrogens is 4. The van der Waals surface area contributed by atoms with Crippen molar-refractivity contribution in [2.75, 3.05) is 11.9 Å². The highest BCUT2D eigenvalue weighted by molar-refractivity contribution is 9.10. The molecule has 0 unspecified atom stereocenters. The van der Waals surface area contributed by atoms with Crippen LogP contribution in [0.3, 0.4) is 0 Å². The van der Waals surface area contributed by atoms with E-state index >= 15 is 0 Å². The highest BCUT2D eigenvalue weighted by Crippen LogP contribution is 2.15. The summed E-state index contributed by atoms with van der Waals surface area (Å²) in [7, 11) is 0. The number of aryl methyl sites for hydroxylation is 2. The third-order valence-electron chi connectivity index (χ3n) is 3.42. The van der Waals surface area contributed by atoms with Crippen LogP contribution in [0.15, 0.2) is 23.1 Å². The molecule has 2 heterocycles. The van der Waals surface area contributed by atoms with E-state index in [0.717, 1.165) is 4.47 Å². The van der Waals surface area contributed by atoms with E-state index in [1.165, 1.54) is 0 Å². The van der Waals surface area contributed by atoms with E-state index in [1.807, 2.05) is 20.8 Å². The van der Waals surface area contributed by atoms with Gasteiger partial charge in [-0.15, -0.1) is 0 Å². The Labute approximate surface area is 155 Å². The zero-order valence-electron chi connectivity index (χ0n) is 14.6. The van der Waals surface area contributed by atoms with E-state index in [2.05, 4.69) is 36.8 Å². The van der Waals surface area contributed by atoms with Crippen molar-refractivity contribution in [3.05, 3.63) is 28.8 Å². The van der Waals surface area contributed by atoms with Gasteiger partial charge in [-0.1, -0.05) is 13.8 Å². The van der Waals surface area contributed by atoms with Gasteiger partial charge in [0.15, 0.2) is 5.69 Å². The van der Waals surface area contributed by atoms with Crippen molar-refractivity contribution in [3.63, 3.8) is 0 Å². The summed E-state index contributed by atoms with van der Waals surface area (Å²) in [5.41, 5.74) is 0.660. The van der Waals surface area contributed by atoms with Crippen LogP contribution in [-0.2, 0) is 17.9 Å². The fourth-order valence-corrected chi connectivity index (χ4v) is 2.44. The second-order valence-electron chi connectivity index (χ2n) is 6.07. The number of nitrogens with zero attached hydrogens (tertiary/aromatic N) is 4. The van der Waals surface area contributed by atoms with E-state index in [-0.39, 0.29) is 23.9 Å². The number of hydrogen-bond donors (Lipinski definition) is 2. The van der Waals surface area contributed by atoms with Crippen LogP contribution in [0.2, 0.25) is 0 Å². The SMILES string of the molecule is CCn1cc(NC(=O)CCn2cc(Br)cn2)c(C(=O)NCC(C)C)n1. The first kappa shape index (κ1) is 19.2. The molecule has 0 bridgehead atoms. The molecule has 25 heavy (non-hydrogen) atoms. The average Bonchev–Trinajstić information content (AvgIpc) is 3.16. The molecule has 2 amide bonds. The van der Waals surface area contributed by atoms with E-state index in [1.54, 1.807) is 28.0 Å². The third kappa shape index (κ3) is 5.70. The Bertz CT molecular complexity index is 737. The van der Waals surface area contributed by atoms with Crippen molar-refractivity contribution in [1.29, 1.82) is 0 Å². The molecule has 0 atom stereocenters. The van der Waals surface area contributed by atoms with Crippen LogP contribution in [0.4, 0.5) is 5.69 Å². The maximum atomic E-state index is 12.3. The van der Waals surface area contributed by atoms with E-state index in [0.29, 0.717) is 31.2 Å². The molecular weight excluding hydrogens is 388 g/mol. The van der Waals surface area contributed by atoms with E-state index in [4.69, 9.17) is 0 Å². The van der Waals surface area contributed by atoms with E-state index < -0.39 is 0 Å². The van der Waals surface area contributed by atoms with Crippen LogP contribution in [-0.4, -0.2) is 37.9 Å². The molecule has 0 aliphatic rings. The number of anilines is 1. The summed E-state index contributed by atoms with van der Waals surface area (Å²) in [4.78, 5) is 24.5. The van der Waals surface area contributed by atoms with Gasteiger partial charge in [-0.2, -0.15) is 10.2 Å². The predicted octanol–water partition coefficient (Wildman–Crippen LogP) is 2.28. The summed E-state index contributed by atoms with van der Waals surface area (Å²) in [5, 5.41) is 14.0. The Morgan fingerprint density at radius 2 is 2.04 bits per heavy atom. The molecule has 2 rings (SSSR count). The molecule has 0 radical (unpaired) electrons. The lowest BCUT2D eigenvalue weighted by Crippen LogP contribution is -2.29. The molecule has 2 aromatic rings. The Morgan fingerprint density at radius 1 is 1.28 bits per heavy atom. The van der Waals surface area contributed by atoms with Crippen molar-refractivity contribution in [2.24, 2.45) is 5.92 Å². The molecule has 0 saturated heterocycles. The van der Waals surface area contributed by atoms with Crippen molar-refractivity contribution in [1.82, 2.24) is 24.9 Å². The third-order valence-corrected chi connectivity index (χ3v) is 3.82. The highest BCUT2D eigenvalue weighted by Gasteiger charge is 2.18. The minimum atomic E-state index is -0.285. The minimum absolute atomic E-state index is 0.194. The molecule has 0 aromatic carbocycles. The Kier molecular flexibility index (Phi) is 6.74. The molecule has 9 heteroatoms. The summed E-state index contributed by atoms with van der Waals surface area (Å²) < 4.78 is 4.17. The number of nitrogens with one attached hydrogen (secondary N) is 2. The number of rotatable bonds is 8. The maximum absolute atomic E-state index is 12.3. The molecule has 0 saturated carbocycles. The monoisotopic (exact) mass is 410 g/mol. The Hall–Kier alpha value is -2.16. The van der Waals surface area contributed by atoms with Crippen LogP contribution in [0.25, 0.3) is 0 Å². The zero-order chi connectivity index (χ0) is 18.4. The van der Waals surface area contributed by atoms with Crippen molar-refractivity contribution in [2.45, 2.75) is 40.3 Å². The molecule has 0 fully saturated rings. The van der Waals surface area contributed by atoms with Gasteiger partial charge in [0.05, 0.1) is 16.4 Å². The van der Waals surface area contributed by atoms with Crippen LogP contribution in [0.1, 0.15) is 37.7 Å². The summed E-state index contributed by atoms with van der Waals surface area (Å²) in [6.45, 7) is 7.57. The summed E-state index contributed by atoms with van der Waals surface area (Å²) in [5.74, 6) is -0.143. The van der Waals surface area contributed by atoms with Gasteiger partial charge in [-0.25, -0.2) is 0 Å². The van der Waals surface area contributed by atoms with Crippen molar-refractivity contribution < 1.29 is 9.59 Å². The van der Waals surface area contributed by atoms with Gasteiger partial charge in [0.25, 0.3) is 5.91 Å². The molecule has 0 spiro atoms.